The van der Waals surface area contributed by atoms with E-state index in [1.54, 1.807) is 18.0 Å². The standard InChI is InChI=1S/C13H18N2O2S/c1-9-4-3-5-10(6-9)18-12-8-14-11(7-15-12)13(16)17-2/h7-10H,3-6H2,1-2H3. The van der Waals surface area contributed by atoms with Gasteiger partial charge in [0.25, 0.3) is 0 Å². The van der Waals surface area contributed by atoms with Crippen molar-refractivity contribution in [2.24, 2.45) is 5.92 Å². The van der Waals surface area contributed by atoms with Gasteiger partial charge in [-0.25, -0.2) is 14.8 Å². The molecule has 2 rings (SSSR count). The van der Waals surface area contributed by atoms with Crippen LogP contribution < -0.4 is 0 Å². The number of hydrogen-bond donors (Lipinski definition) is 0. The molecule has 1 heterocycles. The Labute approximate surface area is 112 Å². The van der Waals surface area contributed by atoms with Crippen LogP contribution in [0, 0.1) is 5.92 Å². The van der Waals surface area contributed by atoms with Crippen molar-refractivity contribution in [2.75, 3.05) is 7.11 Å². The summed E-state index contributed by atoms with van der Waals surface area (Å²) >= 11 is 1.77. The summed E-state index contributed by atoms with van der Waals surface area (Å²) in [7, 11) is 1.34. The molecule has 0 aliphatic heterocycles. The highest BCUT2D eigenvalue weighted by Crippen LogP contribution is 2.34. The lowest BCUT2D eigenvalue weighted by Gasteiger charge is -2.25. The lowest BCUT2D eigenvalue weighted by molar-refractivity contribution is 0.0593. The number of nitrogens with zero attached hydrogens (tertiary/aromatic N) is 2. The van der Waals surface area contributed by atoms with Crippen LogP contribution in [0.15, 0.2) is 17.4 Å². The molecule has 0 spiro atoms. The fourth-order valence-electron chi connectivity index (χ4n) is 2.24. The van der Waals surface area contributed by atoms with Crippen LogP contribution in [0.25, 0.3) is 0 Å². The number of thioether (sulfide) groups is 1. The Kier molecular flexibility index (Phi) is 4.58. The van der Waals surface area contributed by atoms with Crippen LogP contribution in [0.1, 0.15) is 43.1 Å². The van der Waals surface area contributed by atoms with Crippen molar-refractivity contribution in [3.05, 3.63) is 18.1 Å². The monoisotopic (exact) mass is 266 g/mol. The second-order valence-electron chi connectivity index (χ2n) is 4.74. The van der Waals surface area contributed by atoms with Gasteiger partial charge in [0.15, 0.2) is 5.69 Å². The molecule has 98 valence electrons. The number of rotatable bonds is 3. The first kappa shape index (κ1) is 13.3. The third kappa shape index (κ3) is 3.45. The van der Waals surface area contributed by atoms with Crippen LogP contribution in [0.2, 0.25) is 0 Å². The minimum absolute atomic E-state index is 0.263. The second-order valence-corrected chi connectivity index (χ2v) is 6.06. The Hall–Kier alpha value is -1.10. The first-order valence-corrected chi connectivity index (χ1v) is 7.14. The van der Waals surface area contributed by atoms with Crippen LogP contribution in [0.3, 0.4) is 0 Å². The van der Waals surface area contributed by atoms with Crippen molar-refractivity contribution >= 4 is 17.7 Å². The third-order valence-corrected chi connectivity index (χ3v) is 4.41. The average Bonchev–Trinajstić information content (AvgIpc) is 2.39. The molecule has 1 aliphatic rings. The molecule has 0 aromatic carbocycles. The van der Waals surface area contributed by atoms with Gasteiger partial charge in [0, 0.05) is 5.25 Å². The summed E-state index contributed by atoms with van der Waals surface area (Å²) in [5.74, 6) is 0.365. The maximum absolute atomic E-state index is 11.2. The zero-order chi connectivity index (χ0) is 13.0. The lowest BCUT2D eigenvalue weighted by Crippen LogP contribution is -2.15. The molecule has 0 N–H and O–H groups in total. The molecule has 0 amide bonds. The van der Waals surface area contributed by atoms with Gasteiger partial charge >= 0.3 is 5.97 Å². The molecule has 5 heteroatoms. The maximum atomic E-state index is 11.2. The number of ether oxygens (including phenoxy) is 1. The van der Waals surface area contributed by atoms with E-state index in [4.69, 9.17) is 0 Å². The second kappa shape index (κ2) is 6.18. The molecular weight excluding hydrogens is 248 g/mol. The van der Waals surface area contributed by atoms with E-state index in [1.165, 1.54) is 39.0 Å². The SMILES string of the molecule is COC(=O)c1cnc(SC2CCCC(C)C2)cn1. The normalized spacial score (nSPS) is 23.7. The van der Waals surface area contributed by atoms with Crippen molar-refractivity contribution in [1.29, 1.82) is 0 Å². The average molecular weight is 266 g/mol. The Morgan fingerprint density at radius 1 is 1.39 bits per heavy atom. The van der Waals surface area contributed by atoms with Crippen LogP contribution in [0.5, 0.6) is 0 Å². The van der Waals surface area contributed by atoms with Gasteiger partial charge < -0.3 is 4.74 Å². The van der Waals surface area contributed by atoms with Crippen molar-refractivity contribution in [3.63, 3.8) is 0 Å². The highest BCUT2D eigenvalue weighted by molar-refractivity contribution is 7.99. The van der Waals surface area contributed by atoms with E-state index < -0.39 is 5.97 Å². The Balaban J connectivity index is 1.95. The number of carbonyl (C=O) groups excluding carboxylic acids is 1. The van der Waals surface area contributed by atoms with Crippen molar-refractivity contribution < 1.29 is 9.53 Å². The van der Waals surface area contributed by atoms with Gasteiger partial charge in [0.2, 0.25) is 0 Å². The molecular formula is C13H18N2O2S. The summed E-state index contributed by atoms with van der Waals surface area (Å²) < 4.78 is 4.59. The topological polar surface area (TPSA) is 52.1 Å². The predicted molar refractivity (Wildman–Crippen MR) is 70.6 cm³/mol. The van der Waals surface area contributed by atoms with Gasteiger partial charge in [-0.15, -0.1) is 11.8 Å². The first-order valence-electron chi connectivity index (χ1n) is 6.26. The summed E-state index contributed by atoms with van der Waals surface area (Å²) in [6.45, 7) is 2.30. The summed E-state index contributed by atoms with van der Waals surface area (Å²) in [5.41, 5.74) is 0.263. The van der Waals surface area contributed by atoms with Gasteiger partial charge in [0.1, 0.15) is 5.03 Å². The van der Waals surface area contributed by atoms with Gasteiger partial charge in [-0.3, -0.25) is 0 Å². The fourth-order valence-corrected chi connectivity index (χ4v) is 3.52. The molecule has 2 atom stereocenters. The predicted octanol–water partition coefficient (Wildman–Crippen LogP) is 2.93. The van der Waals surface area contributed by atoms with Crippen LogP contribution in [-0.4, -0.2) is 28.3 Å². The minimum atomic E-state index is -0.440. The van der Waals surface area contributed by atoms with Gasteiger partial charge in [-0.1, -0.05) is 19.8 Å². The Morgan fingerprint density at radius 2 is 2.22 bits per heavy atom. The smallest absolute Gasteiger partial charge is 0.358 e. The van der Waals surface area contributed by atoms with Crippen molar-refractivity contribution in [2.45, 2.75) is 42.9 Å². The van der Waals surface area contributed by atoms with Crippen molar-refractivity contribution in [3.8, 4) is 0 Å². The zero-order valence-corrected chi connectivity index (χ0v) is 11.6. The Morgan fingerprint density at radius 3 is 2.83 bits per heavy atom. The molecule has 4 nitrogen and oxygen atoms in total. The molecule has 0 saturated heterocycles. The molecule has 1 fully saturated rings. The molecule has 0 radical (unpaired) electrons. The summed E-state index contributed by atoms with van der Waals surface area (Å²) in [4.78, 5) is 19.6. The van der Waals surface area contributed by atoms with E-state index in [0.717, 1.165) is 10.9 Å². The third-order valence-electron chi connectivity index (χ3n) is 3.20. The van der Waals surface area contributed by atoms with E-state index in [0.29, 0.717) is 5.25 Å². The number of esters is 1. The number of methoxy groups -OCH3 is 1. The summed E-state index contributed by atoms with van der Waals surface area (Å²) in [5, 5.41) is 1.52. The Bertz CT molecular complexity index is 408. The lowest BCUT2D eigenvalue weighted by atomic mass is 9.91. The molecule has 1 aromatic heterocycles. The number of aromatic nitrogens is 2. The fraction of sp³-hybridized carbons (Fsp3) is 0.615. The van der Waals surface area contributed by atoms with Gasteiger partial charge in [-0.2, -0.15) is 0 Å². The molecule has 2 unspecified atom stereocenters. The molecule has 1 aromatic rings. The minimum Gasteiger partial charge on any atom is -0.464 e. The molecule has 0 bridgehead atoms. The van der Waals surface area contributed by atoms with E-state index in [2.05, 4.69) is 21.6 Å². The first-order chi connectivity index (χ1) is 8.69. The highest BCUT2D eigenvalue weighted by atomic mass is 32.2. The largest absolute Gasteiger partial charge is 0.464 e. The van der Waals surface area contributed by atoms with Gasteiger partial charge in [-0.05, 0) is 18.8 Å². The molecule has 1 aliphatic carbocycles. The van der Waals surface area contributed by atoms with E-state index in [1.807, 2.05) is 0 Å². The van der Waals surface area contributed by atoms with Crippen LogP contribution in [-0.2, 0) is 4.74 Å². The van der Waals surface area contributed by atoms with Crippen LogP contribution >= 0.6 is 11.8 Å². The quantitative estimate of drug-likeness (QED) is 0.787. The number of carbonyl (C=O) groups is 1. The van der Waals surface area contributed by atoms with E-state index >= 15 is 0 Å². The number of hydrogen-bond acceptors (Lipinski definition) is 5. The van der Waals surface area contributed by atoms with Crippen molar-refractivity contribution in [1.82, 2.24) is 9.97 Å². The zero-order valence-electron chi connectivity index (χ0n) is 10.8. The summed E-state index contributed by atoms with van der Waals surface area (Å²) in [6.07, 6.45) is 8.27. The summed E-state index contributed by atoms with van der Waals surface area (Å²) in [6, 6.07) is 0. The molecule has 1 saturated carbocycles. The van der Waals surface area contributed by atoms with Crippen LogP contribution in [0.4, 0.5) is 0 Å². The highest BCUT2D eigenvalue weighted by Gasteiger charge is 2.20. The van der Waals surface area contributed by atoms with E-state index in [9.17, 15) is 4.79 Å². The molecule has 18 heavy (non-hydrogen) atoms. The maximum Gasteiger partial charge on any atom is 0.358 e. The van der Waals surface area contributed by atoms with Gasteiger partial charge in [0.05, 0.1) is 19.5 Å². The van der Waals surface area contributed by atoms with E-state index in [-0.39, 0.29) is 5.69 Å².